The molecule has 2 heterocycles. The molecule has 0 saturated carbocycles. The quantitative estimate of drug-likeness (QED) is 0.0180. The first-order valence-corrected chi connectivity index (χ1v) is 25.5. The van der Waals surface area contributed by atoms with Gasteiger partial charge in [0.15, 0.2) is 12.6 Å². The van der Waals surface area contributed by atoms with Crippen molar-refractivity contribution in [2.24, 2.45) is 0 Å². The molecule has 69 heavy (non-hydrogen) atoms. The second-order valence-electron chi connectivity index (χ2n) is 17.2. The van der Waals surface area contributed by atoms with Gasteiger partial charge in [-0.3, -0.25) is 4.79 Å². The maximum absolute atomic E-state index is 12.9. The molecule has 0 radical (unpaired) electrons. The van der Waals surface area contributed by atoms with Crippen molar-refractivity contribution in [3.63, 3.8) is 0 Å². The molecule has 0 aromatic carbocycles. The Morgan fingerprint density at radius 2 is 0.899 bits per heavy atom. The smallest absolute Gasteiger partial charge is 0.306 e. The normalized spacial score (nSPS) is 26.6. The van der Waals surface area contributed by atoms with Crippen LogP contribution in [0.4, 0.5) is 0 Å². The lowest BCUT2D eigenvalue weighted by Crippen LogP contribution is -2.61. The third-order valence-corrected chi connectivity index (χ3v) is 11.3. The molecular weight excluding hydrogens is 885 g/mol. The van der Waals surface area contributed by atoms with Crippen molar-refractivity contribution in [3.05, 3.63) is 109 Å². The topological polar surface area (TPSA) is 214 Å². The second-order valence-corrected chi connectivity index (χ2v) is 17.2. The summed E-state index contributed by atoms with van der Waals surface area (Å²) in [6.07, 6.45) is 38.9. The Morgan fingerprint density at radius 3 is 1.41 bits per heavy atom. The summed E-state index contributed by atoms with van der Waals surface area (Å²) in [6.45, 7) is 3.28. The van der Waals surface area contributed by atoms with Gasteiger partial charge in [-0.1, -0.05) is 149 Å². The van der Waals surface area contributed by atoms with E-state index in [4.69, 9.17) is 28.4 Å². The van der Waals surface area contributed by atoms with Crippen LogP contribution < -0.4 is 0 Å². The average molecular weight is 973 g/mol. The fraction of sp³-hybridized carbons (Fsp3) is 0.655. The lowest BCUT2D eigenvalue weighted by Gasteiger charge is -2.42. The van der Waals surface area contributed by atoms with E-state index in [-0.39, 0.29) is 19.6 Å². The number of ether oxygens (including phenoxy) is 6. The number of rotatable bonds is 38. The first kappa shape index (κ1) is 61.8. The minimum atomic E-state index is -1.73. The molecule has 2 aliphatic heterocycles. The number of allylic oxidation sites excluding steroid dienone is 18. The van der Waals surface area contributed by atoms with Gasteiger partial charge in [0, 0.05) is 13.0 Å². The Morgan fingerprint density at radius 1 is 0.478 bits per heavy atom. The zero-order valence-corrected chi connectivity index (χ0v) is 41.5. The van der Waals surface area contributed by atoms with Gasteiger partial charge in [0.05, 0.1) is 26.4 Å². The molecule has 0 amide bonds. The second kappa shape index (κ2) is 41.3. The maximum atomic E-state index is 12.9. The number of carbonyl (C=O) groups excluding carboxylic acids is 1. The van der Waals surface area contributed by atoms with E-state index in [9.17, 15) is 40.5 Å². The molecule has 2 aliphatic rings. The van der Waals surface area contributed by atoms with Crippen LogP contribution in [-0.4, -0.2) is 142 Å². The maximum Gasteiger partial charge on any atom is 0.306 e. The monoisotopic (exact) mass is 973 g/mol. The van der Waals surface area contributed by atoms with Crippen molar-refractivity contribution in [1.29, 1.82) is 0 Å². The Bertz CT molecular complexity index is 1550. The van der Waals surface area contributed by atoms with Gasteiger partial charge in [-0.05, 0) is 83.5 Å². The summed E-state index contributed by atoms with van der Waals surface area (Å²) >= 11 is 0. The van der Waals surface area contributed by atoms with E-state index in [1.165, 1.54) is 0 Å². The van der Waals surface area contributed by atoms with Crippen LogP contribution >= 0.6 is 0 Å². The molecule has 11 atom stereocenters. The highest BCUT2D eigenvalue weighted by Crippen LogP contribution is 2.26. The van der Waals surface area contributed by atoms with Crippen LogP contribution in [0.3, 0.4) is 0 Å². The van der Waals surface area contributed by atoms with Crippen molar-refractivity contribution < 1.29 is 69.0 Å². The zero-order valence-electron chi connectivity index (χ0n) is 41.5. The molecule has 7 N–H and O–H groups in total. The molecule has 0 aliphatic carbocycles. The first-order chi connectivity index (χ1) is 33.6. The van der Waals surface area contributed by atoms with E-state index in [1.54, 1.807) is 0 Å². The summed E-state index contributed by atoms with van der Waals surface area (Å²) in [5, 5.41) is 72.1. The van der Waals surface area contributed by atoms with E-state index in [1.807, 2.05) is 12.2 Å². The molecule has 2 fully saturated rings. The van der Waals surface area contributed by atoms with Gasteiger partial charge < -0.3 is 64.2 Å². The molecule has 2 rings (SSSR count). The lowest BCUT2D eigenvalue weighted by molar-refractivity contribution is -0.332. The number of hydrogen-bond acceptors (Lipinski definition) is 14. The van der Waals surface area contributed by atoms with Crippen molar-refractivity contribution in [2.45, 2.75) is 197 Å². The van der Waals surface area contributed by atoms with E-state index in [0.717, 1.165) is 103 Å². The van der Waals surface area contributed by atoms with E-state index in [2.05, 4.69) is 111 Å². The summed E-state index contributed by atoms with van der Waals surface area (Å²) in [5.41, 5.74) is 0. The summed E-state index contributed by atoms with van der Waals surface area (Å²) in [4.78, 5) is 12.9. The number of hydrogen-bond donors (Lipinski definition) is 7. The number of carbonyl (C=O) groups is 1. The lowest BCUT2D eigenvalue weighted by atomic mass is 9.98. The predicted molar refractivity (Wildman–Crippen MR) is 270 cm³/mol. The minimum Gasteiger partial charge on any atom is -0.457 e. The van der Waals surface area contributed by atoms with Gasteiger partial charge in [-0.15, -0.1) is 0 Å². The summed E-state index contributed by atoms with van der Waals surface area (Å²) in [6, 6.07) is 0. The Balaban J connectivity index is 1.78. The Labute approximate surface area is 413 Å². The largest absolute Gasteiger partial charge is 0.457 e. The van der Waals surface area contributed by atoms with Crippen molar-refractivity contribution in [2.75, 3.05) is 33.0 Å². The zero-order chi connectivity index (χ0) is 50.2. The van der Waals surface area contributed by atoms with Gasteiger partial charge in [0.1, 0.15) is 54.9 Å². The van der Waals surface area contributed by atoms with Crippen molar-refractivity contribution in [1.82, 2.24) is 0 Å². The fourth-order valence-corrected chi connectivity index (χ4v) is 7.21. The molecule has 0 bridgehead atoms. The Kier molecular flexibility index (Phi) is 37.0. The van der Waals surface area contributed by atoms with E-state index in [0.29, 0.717) is 13.0 Å². The van der Waals surface area contributed by atoms with Gasteiger partial charge >= 0.3 is 5.97 Å². The van der Waals surface area contributed by atoms with E-state index < -0.39 is 86.7 Å². The van der Waals surface area contributed by atoms with Crippen LogP contribution in [0.15, 0.2) is 109 Å². The van der Waals surface area contributed by atoms with Crippen LogP contribution in [0.1, 0.15) is 129 Å². The van der Waals surface area contributed by atoms with E-state index >= 15 is 0 Å². The van der Waals surface area contributed by atoms with Crippen LogP contribution in [0.5, 0.6) is 0 Å². The number of unbranched alkanes of at least 4 members (excludes halogenated alkanes) is 6. The van der Waals surface area contributed by atoms with Crippen LogP contribution in [0.2, 0.25) is 0 Å². The fourth-order valence-electron chi connectivity index (χ4n) is 7.21. The number of aliphatic hydroxyl groups excluding tert-OH is 7. The molecule has 14 heteroatoms. The third kappa shape index (κ3) is 28.9. The highest BCUT2D eigenvalue weighted by molar-refractivity contribution is 5.69. The van der Waals surface area contributed by atoms with Crippen molar-refractivity contribution >= 4 is 5.97 Å². The van der Waals surface area contributed by atoms with Crippen LogP contribution in [0.25, 0.3) is 0 Å². The highest BCUT2D eigenvalue weighted by atomic mass is 16.7. The SMILES string of the molecule is CC/C=C\C/C=C\C/C=C\C/C=C\C/C=C\CCCCCCCCOCC(COC1OC(COC2OC(CO)C(O)C(O)C2O)C(O)C(O)C1O)OC(=O)CC/C=C\C/C=C\C/C=C\C/C=C\CC. The average Bonchev–Trinajstić information content (AvgIpc) is 3.35. The Hall–Kier alpha value is -3.35. The number of aliphatic hydroxyl groups is 7. The molecule has 2 saturated heterocycles. The first-order valence-electron chi connectivity index (χ1n) is 25.5. The van der Waals surface area contributed by atoms with Crippen LogP contribution in [-0.2, 0) is 33.2 Å². The van der Waals surface area contributed by atoms with Gasteiger partial charge in [0.25, 0.3) is 0 Å². The van der Waals surface area contributed by atoms with Crippen molar-refractivity contribution in [3.8, 4) is 0 Å². The summed E-state index contributed by atoms with van der Waals surface area (Å²) < 4.78 is 34.1. The third-order valence-electron chi connectivity index (χ3n) is 11.3. The summed E-state index contributed by atoms with van der Waals surface area (Å²) in [5.74, 6) is -0.467. The molecule has 0 aromatic heterocycles. The van der Waals surface area contributed by atoms with Gasteiger partial charge in [-0.2, -0.15) is 0 Å². The minimum absolute atomic E-state index is 0.0145. The molecule has 11 unspecified atom stereocenters. The predicted octanol–water partition coefficient (Wildman–Crippen LogP) is 7.62. The standard InChI is InChI=1S/C55H88O14/c1-3-5-7-9-11-13-15-17-18-19-20-21-22-23-24-25-27-29-31-33-35-37-39-64-41-44(67-47(57)38-36-34-32-30-28-26-16-14-12-10-8-6-4-2)42-65-54-53(63)51(61)49(59)46(69-54)43-66-55-52(62)50(60)48(58)45(40-56)68-55/h5-8,11-14,17-18,20-21,23-24,26,28,32,34,44-46,48-56,58-63H,3-4,9-10,15-16,19,22,25,27,29-31,33,35-43H2,1-2H3/b7-5-,8-6-,13-11-,14-12-,18-17-,21-20-,24-23-,28-26-,34-32-. The number of esters is 1. The summed E-state index contributed by atoms with van der Waals surface area (Å²) in [7, 11) is 0. The molecule has 14 nitrogen and oxygen atoms in total. The molecule has 0 aromatic rings. The molecule has 0 spiro atoms. The molecule has 392 valence electrons. The highest BCUT2D eigenvalue weighted by Gasteiger charge is 2.47. The molecular formula is C55H88O14. The van der Waals surface area contributed by atoms with Crippen LogP contribution in [0, 0.1) is 0 Å². The van der Waals surface area contributed by atoms with Gasteiger partial charge in [-0.25, -0.2) is 0 Å². The van der Waals surface area contributed by atoms with Gasteiger partial charge in [0.2, 0.25) is 0 Å².